The molecule has 1 aromatic heterocycles. The van der Waals surface area contributed by atoms with Gasteiger partial charge in [0.25, 0.3) is 0 Å². The van der Waals surface area contributed by atoms with Crippen molar-refractivity contribution in [2.75, 3.05) is 5.32 Å². The van der Waals surface area contributed by atoms with E-state index in [0.717, 1.165) is 22.8 Å². The van der Waals surface area contributed by atoms with E-state index in [-0.39, 0.29) is 0 Å². The Hall–Kier alpha value is -1.61. The maximum Gasteiger partial charge on any atom is 0.134 e. The van der Waals surface area contributed by atoms with Crippen molar-refractivity contribution in [1.82, 2.24) is 0 Å². The minimum absolute atomic E-state index is 0.537. The number of hydrogen-bond acceptors (Lipinski definition) is 2. The van der Waals surface area contributed by atoms with Gasteiger partial charge in [0.1, 0.15) is 11.5 Å². The molecule has 0 saturated heterocycles. The number of halogens is 3. The molecule has 0 amide bonds. The van der Waals surface area contributed by atoms with Crippen molar-refractivity contribution in [3.8, 4) is 11.3 Å². The molecule has 0 unspecified atom stereocenters. The Morgan fingerprint density at radius 1 is 0.818 bits per heavy atom. The molecule has 0 bridgehead atoms. The van der Waals surface area contributed by atoms with Crippen LogP contribution >= 0.6 is 34.8 Å². The lowest BCUT2D eigenvalue weighted by atomic mass is 10.2. The molecule has 1 heterocycles. The van der Waals surface area contributed by atoms with Crippen molar-refractivity contribution in [2.45, 2.75) is 6.54 Å². The van der Waals surface area contributed by atoms with Crippen LogP contribution in [-0.2, 0) is 6.54 Å². The SMILES string of the molecule is Clc1ccc(-c2ccc(CNc3ccc(Cl)cc3Cl)o2)cc1. The smallest absolute Gasteiger partial charge is 0.134 e. The molecule has 22 heavy (non-hydrogen) atoms. The molecule has 0 saturated carbocycles. The number of furan rings is 1. The first-order valence-electron chi connectivity index (χ1n) is 6.65. The van der Waals surface area contributed by atoms with Crippen LogP contribution in [0.25, 0.3) is 11.3 Å². The van der Waals surface area contributed by atoms with Gasteiger partial charge in [-0.1, -0.05) is 34.8 Å². The average Bonchev–Trinajstić information content (AvgIpc) is 2.96. The highest BCUT2D eigenvalue weighted by atomic mass is 35.5. The molecule has 0 aliphatic heterocycles. The summed E-state index contributed by atoms with van der Waals surface area (Å²) in [5, 5.41) is 5.12. The molecule has 0 fully saturated rings. The third-order valence-corrected chi connectivity index (χ3v) is 3.97. The van der Waals surface area contributed by atoms with E-state index in [0.29, 0.717) is 21.6 Å². The third-order valence-electron chi connectivity index (χ3n) is 3.17. The van der Waals surface area contributed by atoms with Gasteiger partial charge < -0.3 is 9.73 Å². The summed E-state index contributed by atoms with van der Waals surface area (Å²) in [5.41, 5.74) is 1.80. The van der Waals surface area contributed by atoms with E-state index in [1.54, 1.807) is 12.1 Å². The normalized spacial score (nSPS) is 10.7. The first-order chi connectivity index (χ1) is 10.6. The predicted molar refractivity (Wildman–Crippen MR) is 92.9 cm³/mol. The lowest BCUT2D eigenvalue weighted by molar-refractivity contribution is 0.531. The highest BCUT2D eigenvalue weighted by molar-refractivity contribution is 6.36. The van der Waals surface area contributed by atoms with Gasteiger partial charge in [0, 0.05) is 15.6 Å². The minimum atomic E-state index is 0.537. The summed E-state index contributed by atoms with van der Waals surface area (Å²) >= 11 is 17.9. The molecule has 0 atom stereocenters. The molecule has 0 spiro atoms. The Bertz CT molecular complexity index is 781. The van der Waals surface area contributed by atoms with Gasteiger partial charge in [-0.25, -0.2) is 0 Å². The Balaban J connectivity index is 1.70. The van der Waals surface area contributed by atoms with E-state index < -0.39 is 0 Å². The monoisotopic (exact) mass is 351 g/mol. The lowest BCUT2D eigenvalue weighted by Crippen LogP contribution is -1.98. The van der Waals surface area contributed by atoms with Crippen molar-refractivity contribution in [3.63, 3.8) is 0 Å². The van der Waals surface area contributed by atoms with Gasteiger partial charge in [-0.05, 0) is 54.6 Å². The van der Waals surface area contributed by atoms with Crippen molar-refractivity contribution in [3.05, 3.63) is 75.4 Å². The number of benzene rings is 2. The lowest BCUT2D eigenvalue weighted by Gasteiger charge is -2.07. The number of anilines is 1. The van der Waals surface area contributed by atoms with Gasteiger partial charge in [0.2, 0.25) is 0 Å². The number of rotatable bonds is 4. The van der Waals surface area contributed by atoms with Crippen LogP contribution in [0, 0.1) is 0 Å². The third kappa shape index (κ3) is 3.58. The zero-order chi connectivity index (χ0) is 15.5. The summed E-state index contributed by atoms with van der Waals surface area (Å²) in [6.07, 6.45) is 0. The quantitative estimate of drug-likeness (QED) is 0.578. The molecule has 1 N–H and O–H groups in total. The van der Waals surface area contributed by atoms with E-state index >= 15 is 0 Å². The molecule has 2 aromatic carbocycles. The number of nitrogens with one attached hydrogen (secondary N) is 1. The molecule has 0 aliphatic rings. The zero-order valence-electron chi connectivity index (χ0n) is 11.4. The van der Waals surface area contributed by atoms with Gasteiger partial charge in [-0.2, -0.15) is 0 Å². The minimum Gasteiger partial charge on any atom is -0.459 e. The predicted octanol–water partition coefficient (Wildman–Crippen LogP) is 6.52. The number of hydrogen-bond donors (Lipinski definition) is 1. The molecule has 2 nitrogen and oxygen atoms in total. The summed E-state index contributed by atoms with van der Waals surface area (Å²) in [6, 6.07) is 16.7. The van der Waals surface area contributed by atoms with Gasteiger partial charge in [0.05, 0.1) is 17.3 Å². The zero-order valence-corrected chi connectivity index (χ0v) is 13.7. The Labute approximate surface area is 143 Å². The molecular weight excluding hydrogens is 341 g/mol. The maximum absolute atomic E-state index is 6.12. The highest BCUT2D eigenvalue weighted by Gasteiger charge is 2.06. The van der Waals surface area contributed by atoms with Gasteiger partial charge in [-0.15, -0.1) is 0 Å². The van der Waals surface area contributed by atoms with Crippen molar-refractivity contribution >= 4 is 40.5 Å². The molecule has 3 aromatic rings. The Kier molecular flexibility index (Phi) is 4.63. The van der Waals surface area contributed by atoms with E-state index in [2.05, 4.69) is 5.32 Å². The van der Waals surface area contributed by atoms with Crippen LogP contribution in [0.2, 0.25) is 15.1 Å². The molecular formula is C17H12Cl3NO. The fourth-order valence-electron chi connectivity index (χ4n) is 2.06. The molecule has 0 radical (unpaired) electrons. The van der Waals surface area contributed by atoms with Crippen molar-refractivity contribution in [1.29, 1.82) is 0 Å². The van der Waals surface area contributed by atoms with Crippen LogP contribution in [0.4, 0.5) is 5.69 Å². The van der Waals surface area contributed by atoms with Crippen LogP contribution in [0.5, 0.6) is 0 Å². The van der Waals surface area contributed by atoms with E-state index in [1.807, 2.05) is 42.5 Å². The van der Waals surface area contributed by atoms with E-state index in [1.165, 1.54) is 0 Å². The fraction of sp³-hybridized carbons (Fsp3) is 0.0588. The molecule has 5 heteroatoms. The highest BCUT2D eigenvalue weighted by Crippen LogP contribution is 2.27. The van der Waals surface area contributed by atoms with Crippen LogP contribution in [-0.4, -0.2) is 0 Å². The molecule has 3 rings (SSSR count). The van der Waals surface area contributed by atoms with Crippen LogP contribution in [0.1, 0.15) is 5.76 Å². The largest absolute Gasteiger partial charge is 0.459 e. The summed E-state index contributed by atoms with van der Waals surface area (Å²) < 4.78 is 5.82. The average molecular weight is 353 g/mol. The van der Waals surface area contributed by atoms with E-state index in [9.17, 15) is 0 Å². The molecule has 0 aliphatic carbocycles. The van der Waals surface area contributed by atoms with Gasteiger partial charge >= 0.3 is 0 Å². The standard InChI is InChI=1S/C17H12Cl3NO/c18-12-3-1-11(2-4-12)17-8-6-14(22-17)10-21-16-7-5-13(19)9-15(16)20/h1-9,21H,10H2. The molecule has 112 valence electrons. The van der Waals surface area contributed by atoms with E-state index in [4.69, 9.17) is 39.2 Å². The summed E-state index contributed by atoms with van der Waals surface area (Å²) in [5.74, 6) is 1.62. The Morgan fingerprint density at radius 3 is 2.27 bits per heavy atom. The van der Waals surface area contributed by atoms with Crippen LogP contribution < -0.4 is 5.32 Å². The second-order valence-corrected chi connectivity index (χ2v) is 6.03. The fourth-order valence-corrected chi connectivity index (χ4v) is 2.66. The topological polar surface area (TPSA) is 25.2 Å². The van der Waals surface area contributed by atoms with Crippen LogP contribution in [0.15, 0.2) is 59.0 Å². The first-order valence-corrected chi connectivity index (χ1v) is 7.79. The second-order valence-electron chi connectivity index (χ2n) is 4.75. The summed E-state index contributed by atoms with van der Waals surface area (Å²) in [4.78, 5) is 0. The summed E-state index contributed by atoms with van der Waals surface area (Å²) in [7, 11) is 0. The maximum atomic E-state index is 6.12. The summed E-state index contributed by atoms with van der Waals surface area (Å²) in [6.45, 7) is 0.537. The van der Waals surface area contributed by atoms with Crippen molar-refractivity contribution in [2.24, 2.45) is 0 Å². The van der Waals surface area contributed by atoms with Crippen molar-refractivity contribution < 1.29 is 4.42 Å². The van der Waals surface area contributed by atoms with Gasteiger partial charge in [-0.3, -0.25) is 0 Å². The first kappa shape index (κ1) is 15.3. The second kappa shape index (κ2) is 6.66. The Morgan fingerprint density at radius 2 is 1.55 bits per heavy atom. The van der Waals surface area contributed by atoms with Crippen LogP contribution in [0.3, 0.4) is 0 Å². The van der Waals surface area contributed by atoms with Gasteiger partial charge in [0.15, 0.2) is 0 Å².